The third kappa shape index (κ3) is 6.91. The molecule has 0 spiro atoms. The minimum absolute atomic E-state index is 0.00715. The van der Waals surface area contributed by atoms with Crippen molar-refractivity contribution in [2.24, 2.45) is 7.05 Å². The smallest absolute Gasteiger partial charge is 0.387 e. The molecule has 3 heterocycles. The third-order valence-electron chi connectivity index (χ3n) is 8.27. The molecule has 5 rings (SSSR count). The molecule has 0 saturated carbocycles. The van der Waals surface area contributed by atoms with Crippen LogP contribution in [0, 0.1) is 11.6 Å². The first-order valence-electron chi connectivity index (χ1n) is 14.3. The number of rotatable bonds is 8. The molecule has 2 aliphatic heterocycles. The van der Waals surface area contributed by atoms with E-state index in [1.165, 1.54) is 29.8 Å². The lowest BCUT2D eigenvalue weighted by Gasteiger charge is -2.37. The van der Waals surface area contributed by atoms with E-state index in [1.54, 1.807) is 9.80 Å². The van der Waals surface area contributed by atoms with Crippen molar-refractivity contribution < 1.29 is 41.2 Å². The molecule has 45 heavy (non-hydrogen) atoms. The highest BCUT2D eigenvalue weighted by Crippen LogP contribution is 2.31. The minimum Gasteiger partial charge on any atom is -0.432 e. The van der Waals surface area contributed by atoms with Gasteiger partial charge < -0.3 is 28.9 Å². The number of hydrogen-bond acceptors (Lipinski definition) is 5. The SMILES string of the molecule is Cn1c(-c2ccc(OC(F)F)c(F)c2F)cnc1C(=O)Nc1ccc(C(=O)N2CCN(C(=O)C[N+]3(C)CCCC3)CC2)c(Cl)c1. The summed E-state index contributed by atoms with van der Waals surface area (Å²) in [5, 5.41) is 2.71. The molecule has 1 N–H and O–H groups in total. The lowest BCUT2D eigenvalue weighted by atomic mass is 10.1. The number of ether oxygens (including phenoxy) is 1. The molecule has 0 aliphatic carbocycles. The number of likely N-dealkylation sites (tertiary alicyclic amines) is 1. The Kier molecular flexibility index (Phi) is 9.35. The molecule has 2 fully saturated rings. The van der Waals surface area contributed by atoms with Crippen LogP contribution in [0.5, 0.6) is 5.75 Å². The van der Waals surface area contributed by atoms with Crippen LogP contribution >= 0.6 is 11.6 Å². The standard InChI is InChI=1S/C30H31ClF4N6O4/c1-38-22(20-7-8-23(45-30(34)35)26(33)25(20)32)16-36-27(38)28(43)37-18-5-6-19(21(31)15-18)29(44)40-11-9-39(10-12-40)24(42)17-41(2)13-3-4-14-41/h5-8,15-16,30H,3-4,9-14,17H2,1-2H3/p+1. The van der Waals surface area contributed by atoms with Gasteiger partial charge in [-0.3, -0.25) is 14.4 Å². The van der Waals surface area contributed by atoms with Gasteiger partial charge in [0.2, 0.25) is 5.82 Å². The van der Waals surface area contributed by atoms with E-state index in [1.807, 2.05) is 0 Å². The highest BCUT2D eigenvalue weighted by molar-refractivity contribution is 6.34. The fourth-order valence-corrected chi connectivity index (χ4v) is 6.01. The van der Waals surface area contributed by atoms with E-state index in [-0.39, 0.29) is 45.2 Å². The average Bonchev–Trinajstić information content (AvgIpc) is 3.60. The van der Waals surface area contributed by atoms with Crippen molar-refractivity contribution in [2.45, 2.75) is 19.5 Å². The Morgan fingerprint density at radius 1 is 1.02 bits per heavy atom. The minimum atomic E-state index is -3.33. The molecular weight excluding hydrogens is 620 g/mol. The maximum absolute atomic E-state index is 14.7. The van der Waals surface area contributed by atoms with E-state index in [0.29, 0.717) is 32.7 Å². The Morgan fingerprint density at radius 2 is 1.69 bits per heavy atom. The molecule has 240 valence electrons. The van der Waals surface area contributed by atoms with Crippen molar-refractivity contribution in [3.8, 4) is 17.0 Å². The number of nitrogens with zero attached hydrogens (tertiary/aromatic N) is 5. The van der Waals surface area contributed by atoms with E-state index in [4.69, 9.17) is 11.6 Å². The van der Waals surface area contributed by atoms with Crippen LogP contribution in [0.15, 0.2) is 36.5 Å². The first-order chi connectivity index (χ1) is 21.4. The molecule has 15 heteroatoms. The number of piperazine rings is 1. The number of carbonyl (C=O) groups excluding carboxylic acids is 3. The molecular formula is C30H32ClF4N6O4+. The number of benzene rings is 2. The Bertz CT molecular complexity index is 1620. The van der Waals surface area contributed by atoms with Gasteiger partial charge >= 0.3 is 6.61 Å². The van der Waals surface area contributed by atoms with Gasteiger partial charge in [-0.15, -0.1) is 0 Å². The van der Waals surface area contributed by atoms with E-state index in [9.17, 15) is 31.9 Å². The van der Waals surface area contributed by atoms with Gasteiger partial charge in [-0.05, 0) is 30.3 Å². The number of hydrogen-bond donors (Lipinski definition) is 1. The number of aromatic nitrogens is 2. The number of amides is 3. The predicted octanol–water partition coefficient (Wildman–Crippen LogP) is 4.40. The molecule has 2 aromatic carbocycles. The van der Waals surface area contributed by atoms with Crippen molar-refractivity contribution in [2.75, 3.05) is 58.2 Å². The van der Waals surface area contributed by atoms with Gasteiger partial charge in [0, 0.05) is 57.3 Å². The van der Waals surface area contributed by atoms with Gasteiger partial charge in [-0.1, -0.05) is 11.6 Å². The predicted molar refractivity (Wildman–Crippen MR) is 157 cm³/mol. The van der Waals surface area contributed by atoms with Crippen LogP contribution in [0.3, 0.4) is 0 Å². The summed E-state index contributed by atoms with van der Waals surface area (Å²) in [4.78, 5) is 46.5. The molecule has 0 unspecified atom stereocenters. The average molecular weight is 652 g/mol. The van der Waals surface area contributed by atoms with Gasteiger partial charge in [0.05, 0.1) is 42.6 Å². The zero-order valence-electron chi connectivity index (χ0n) is 24.7. The van der Waals surface area contributed by atoms with E-state index >= 15 is 0 Å². The number of quaternary nitrogens is 1. The highest BCUT2D eigenvalue weighted by atomic mass is 35.5. The van der Waals surface area contributed by atoms with Gasteiger partial charge in [0.1, 0.15) is 0 Å². The summed E-state index contributed by atoms with van der Waals surface area (Å²) in [6.45, 7) is 0.752. The first kappa shape index (κ1) is 32.2. The molecule has 10 nitrogen and oxygen atoms in total. The third-order valence-corrected chi connectivity index (χ3v) is 8.58. The summed E-state index contributed by atoms with van der Waals surface area (Å²) in [6.07, 6.45) is 3.39. The van der Waals surface area contributed by atoms with Crippen LogP contribution in [0.2, 0.25) is 5.02 Å². The number of anilines is 1. The Balaban J connectivity index is 1.21. The van der Waals surface area contributed by atoms with Crippen molar-refractivity contribution in [1.29, 1.82) is 0 Å². The normalized spacial score (nSPS) is 16.3. The lowest BCUT2D eigenvalue weighted by molar-refractivity contribution is -0.890. The zero-order valence-corrected chi connectivity index (χ0v) is 25.4. The first-order valence-corrected chi connectivity index (χ1v) is 14.7. The fraction of sp³-hybridized carbons (Fsp3) is 0.400. The fourth-order valence-electron chi connectivity index (χ4n) is 5.75. The molecule has 0 bridgehead atoms. The van der Waals surface area contributed by atoms with Crippen LogP contribution in [-0.2, 0) is 11.8 Å². The molecule has 2 aliphatic rings. The van der Waals surface area contributed by atoms with Crippen LogP contribution in [-0.4, -0.2) is 101 Å². The van der Waals surface area contributed by atoms with Crippen LogP contribution in [0.1, 0.15) is 33.8 Å². The topological polar surface area (TPSA) is 96.8 Å². The summed E-state index contributed by atoms with van der Waals surface area (Å²) < 4.78 is 59.8. The Labute approximate surface area is 261 Å². The number of likely N-dealkylation sites (N-methyl/N-ethyl adjacent to an activating group) is 1. The van der Waals surface area contributed by atoms with Crippen LogP contribution < -0.4 is 10.1 Å². The van der Waals surface area contributed by atoms with Crippen LogP contribution in [0.4, 0.5) is 23.2 Å². The summed E-state index contributed by atoms with van der Waals surface area (Å²) in [7, 11) is 3.50. The highest BCUT2D eigenvalue weighted by Gasteiger charge is 2.33. The lowest BCUT2D eigenvalue weighted by Crippen LogP contribution is -2.55. The number of nitrogens with one attached hydrogen (secondary N) is 1. The molecule has 3 aromatic rings. The van der Waals surface area contributed by atoms with Gasteiger partial charge in [0.25, 0.3) is 17.7 Å². The summed E-state index contributed by atoms with van der Waals surface area (Å²) in [5.41, 5.74) is 0.181. The van der Waals surface area contributed by atoms with Gasteiger partial charge in [-0.2, -0.15) is 13.2 Å². The maximum Gasteiger partial charge on any atom is 0.387 e. The van der Waals surface area contributed by atoms with E-state index in [2.05, 4.69) is 22.1 Å². The van der Waals surface area contributed by atoms with Crippen LogP contribution in [0.25, 0.3) is 11.3 Å². The number of carbonyl (C=O) groups is 3. The quantitative estimate of drug-likeness (QED) is 0.288. The van der Waals surface area contributed by atoms with E-state index < -0.39 is 29.9 Å². The molecule has 1 aromatic heterocycles. The largest absolute Gasteiger partial charge is 0.432 e. The maximum atomic E-state index is 14.7. The van der Waals surface area contributed by atoms with Crippen molar-refractivity contribution in [3.05, 3.63) is 64.6 Å². The molecule has 0 atom stereocenters. The summed E-state index contributed by atoms with van der Waals surface area (Å²) in [6, 6.07) is 6.29. The molecule has 3 amide bonds. The van der Waals surface area contributed by atoms with Gasteiger partial charge in [-0.25, -0.2) is 9.37 Å². The summed E-state index contributed by atoms with van der Waals surface area (Å²) in [5.74, 6) is -5.07. The van der Waals surface area contributed by atoms with Crippen molar-refractivity contribution in [3.63, 3.8) is 0 Å². The second-order valence-corrected chi connectivity index (χ2v) is 11.8. The van der Waals surface area contributed by atoms with Crippen molar-refractivity contribution >= 4 is 35.0 Å². The number of imidazole rings is 1. The Morgan fingerprint density at radius 3 is 2.33 bits per heavy atom. The second kappa shape index (κ2) is 13.1. The Hall–Kier alpha value is -4.17. The van der Waals surface area contributed by atoms with E-state index in [0.717, 1.165) is 48.7 Å². The van der Waals surface area contributed by atoms with Gasteiger partial charge in [0.15, 0.2) is 23.9 Å². The number of alkyl halides is 2. The molecule has 0 radical (unpaired) electrons. The second-order valence-electron chi connectivity index (χ2n) is 11.4. The number of halogens is 5. The zero-order chi connectivity index (χ0) is 32.5. The van der Waals surface area contributed by atoms with Crippen molar-refractivity contribution in [1.82, 2.24) is 19.4 Å². The monoisotopic (exact) mass is 651 g/mol. The molecule has 2 saturated heterocycles. The summed E-state index contributed by atoms with van der Waals surface area (Å²) >= 11 is 6.43.